The van der Waals surface area contributed by atoms with E-state index in [-0.39, 0.29) is 0 Å². The number of likely N-dealkylation sites (tertiary alicyclic amines) is 1. The molecule has 2 rings (SSSR count). The van der Waals surface area contributed by atoms with Gasteiger partial charge < -0.3 is 10.2 Å². The average Bonchev–Trinajstić information content (AvgIpc) is 2.37. The van der Waals surface area contributed by atoms with E-state index >= 15 is 0 Å². The largest absolute Gasteiger partial charge is 0.385 e. The highest BCUT2D eigenvalue weighted by molar-refractivity contribution is 5.49. The van der Waals surface area contributed by atoms with Gasteiger partial charge in [0.15, 0.2) is 0 Å². The molecule has 0 aromatic heterocycles. The van der Waals surface area contributed by atoms with E-state index in [4.69, 9.17) is 0 Å². The molecule has 19 heavy (non-hydrogen) atoms. The zero-order valence-corrected chi connectivity index (χ0v) is 10.9. The molecule has 0 saturated carbocycles. The summed E-state index contributed by atoms with van der Waals surface area (Å²) in [4.78, 5) is 12.1. The van der Waals surface area contributed by atoms with Crippen molar-refractivity contribution in [3.63, 3.8) is 0 Å². The van der Waals surface area contributed by atoms with Gasteiger partial charge in [0.2, 0.25) is 5.82 Å². The van der Waals surface area contributed by atoms with Crippen LogP contribution >= 0.6 is 0 Å². The first-order valence-corrected chi connectivity index (χ1v) is 6.42. The maximum atomic E-state index is 13.4. The lowest BCUT2D eigenvalue weighted by atomic mass is 9.97. The number of piperidine rings is 1. The first-order chi connectivity index (χ1) is 9.06. The van der Waals surface area contributed by atoms with Crippen LogP contribution in [-0.2, 0) is 0 Å². The van der Waals surface area contributed by atoms with Gasteiger partial charge in [-0.05, 0) is 45.0 Å². The van der Waals surface area contributed by atoms with Gasteiger partial charge >= 0.3 is 5.69 Å². The summed E-state index contributed by atoms with van der Waals surface area (Å²) in [5, 5.41) is 13.7. The summed E-state index contributed by atoms with van der Waals surface area (Å²) < 4.78 is 13.4. The van der Waals surface area contributed by atoms with Gasteiger partial charge in [-0.1, -0.05) is 0 Å². The van der Waals surface area contributed by atoms with Crippen molar-refractivity contribution in [3.05, 3.63) is 34.1 Å². The van der Waals surface area contributed by atoms with Crippen molar-refractivity contribution in [2.75, 3.05) is 32.0 Å². The number of nitro benzene ring substituents is 1. The number of rotatable bonds is 4. The Hall–Kier alpha value is -1.69. The van der Waals surface area contributed by atoms with Gasteiger partial charge in [0, 0.05) is 24.4 Å². The van der Waals surface area contributed by atoms with Crippen LogP contribution in [0.2, 0.25) is 0 Å². The Morgan fingerprint density at radius 2 is 2.16 bits per heavy atom. The van der Waals surface area contributed by atoms with Crippen LogP contribution in [0.3, 0.4) is 0 Å². The van der Waals surface area contributed by atoms with E-state index in [9.17, 15) is 14.5 Å². The molecule has 0 radical (unpaired) electrons. The highest BCUT2D eigenvalue weighted by Crippen LogP contribution is 2.22. The van der Waals surface area contributed by atoms with Crippen LogP contribution < -0.4 is 5.32 Å². The number of hydrogen-bond acceptors (Lipinski definition) is 4. The molecule has 6 heteroatoms. The molecule has 1 aromatic carbocycles. The third-order valence-corrected chi connectivity index (χ3v) is 3.58. The first-order valence-electron chi connectivity index (χ1n) is 6.42. The third kappa shape index (κ3) is 3.64. The monoisotopic (exact) mass is 267 g/mol. The normalized spacial score (nSPS) is 17.4. The van der Waals surface area contributed by atoms with Crippen molar-refractivity contribution < 1.29 is 9.31 Å². The smallest absolute Gasteiger partial charge is 0.304 e. The Bertz CT molecular complexity index is 459. The van der Waals surface area contributed by atoms with Crippen molar-refractivity contribution in [1.29, 1.82) is 0 Å². The second-order valence-corrected chi connectivity index (χ2v) is 5.05. The molecule has 0 amide bonds. The van der Waals surface area contributed by atoms with Crippen molar-refractivity contribution in [2.45, 2.75) is 12.8 Å². The highest BCUT2D eigenvalue weighted by Gasteiger charge is 2.17. The van der Waals surface area contributed by atoms with E-state index in [1.54, 1.807) is 6.07 Å². The fraction of sp³-hybridized carbons (Fsp3) is 0.538. The number of halogens is 1. The standard InChI is InChI=1S/C13H18FN3O2/c1-16-6-4-10(5-7-16)9-15-11-2-3-13(17(18)19)12(14)8-11/h2-3,8,10,15H,4-7,9H2,1H3. The summed E-state index contributed by atoms with van der Waals surface area (Å²) in [6.07, 6.45) is 2.25. The number of benzene rings is 1. The molecule has 1 fully saturated rings. The van der Waals surface area contributed by atoms with Crippen molar-refractivity contribution in [3.8, 4) is 0 Å². The molecule has 1 aliphatic rings. The molecule has 1 N–H and O–H groups in total. The predicted octanol–water partition coefficient (Wildman–Crippen LogP) is 2.49. The number of nitrogens with one attached hydrogen (secondary N) is 1. The summed E-state index contributed by atoms with van der Waals surface area (Å²) in [5.41, 5.74) is 0.117. The average molecular weight is 267 g/mol. The Balaban J connectivity index is 1.89. The Labute approximate surface area is 111 Å². The van der Waals surface area contributed by atoms with Gasteiger partial charge in [-0.25, -0.2) is 0 Å². The number of hydrogen-bond donors (Lipinski definition) is 1. The Kier molecular flexibility index (Phi) is 4.31. The lowest BCUT2D eigenvalue weighted by molar-refractivity contribution is -0.387. The Morgan fingerprint density at radius 3 is 2.74 bits per heavy atom. The van der Waals surface area contributed by atoms with Crippen molar-refractivity contribution >= 4 is 11.4 Å². The van der Waals surface area contributed by atoms with Gasteiger partial charge in [-0.2, -0.15) is 4.39 Å². The summed E-state index contributed by atoms with van der Waals surface area (Å²) in [7, 11) is 2.11. The second kappa shape index (κ2) is 5.97. The highest BCUT2D eigenvalue weighted by atomic mass is 19.1. The summed E-state index contributed by atoms with van der Waals surface area (Å²) in [6, 6.07) is 3.94. The molecule has 104 valence electrons. The molecule has 0 unspecified atom stereocenters. The lowest BCUT2D eigenvalue weighted by Crippen LogP contribution is -2.32. The zero-order valence-electron chi connectivity index (χ0n) is 10.9. The second-order valence-electron chi connectivity index (χ2n) is 5.05. The van der Waals surface area contributed by atoms with E-state index in [2.05, 4.69) is 17.3 Å². The minimum atomic E-state index is -0.793. The minimum Gasteiger partial charge on any atom is -0.385 e. The van der Waals surface area contributed by atoms with E-state index in [1.807, 2.05) is 0 Å². The lowest BCUT2D eigenvalue weighted by Gasteiger charge is -2.29. The first kappa shape index (κ1) is 13.7. The van der Waals surface area contributed by atoms with Crippen LogP contribution in [-0.4, -0.2) is 36.5 Å². The van der Waals surface area contributed by atoms with Crippen LogP contribution in [0.1, 0.15) is 12.8 Å². The van der Waals surface area contributed by atoms with E-state index < -0.39 is 16.4 Å². The van der Waals surface area contributed by atoms with Gasteiger partial charge in [0.1, 0.15) is 0 Å². The molecular weight excluding hydrogens is 249 g/mol. The third-order valence-electron chi connectivity index (χ3n) is 3.58. The van der Waals surface area contributed by atoms with Crippen molar-refractivity contribution in [1.82, 2.24) is 4.90 Å². The van der Waals surface area contributed by atoms with Gasteiger partial charge in [-0.15, -0.1) is 0 Å². The maximum Gasteiger partial charge on any atom is 0.304 e. The molecular formula is C13H18FN3O2. The summed E-state index contributed by atoms with van der Waals surface area (Å²) >= 11 is 0. The molecule has 1 saturated heterocycles. The molecule has 0 aliphatic carbocycles. The zero-order chi connectivity index (χ0) is 13.8. The van der Waals surface area contributed by atoms with E-state index in [1.165, 1.54) is 12.1 Å². The molecule has 5 nitrogen and oxygen atoms in total. The molecule has 1 aliphatic heterocycles. The molecule has 1 aromatic rings. The number of anilines is 1. The molecule has 0 atom stereocenters. The molecule has 1 heterocycles. The van der Waals surface area contributed by atoms with Crippen LogP contribution in [0, 0.1) is 21.8 Å². The van der Waals surface area contributed by atoms with Gasteiger partial charge in [-0.3, -0.25) is 10.1 Å². The number of nitro groups is 1. The predicted molar refractivity (Wildman–Crippen MR) is 71.8 cm³/mol. The van der Waals surface area contributed by atoms with Crippen molar-refractivity contribution in [2.24, 2.45) is 5.92 Å². The molecule has 0 bridgehead atoms. The maximum absolute atomic E-state index is 13.4. The van der Waals surface area contributed by atoms with Crippen LogP contribution in [0.5, 0.6) is 0 Å². The molecule has 0 spiro atoms. The van der Waals surface area contributed by atoms with E-state index in [0.29, 0.717) is 11.6 Å². The van der Waals surface area contributed by atoms with Crippen LogP contribution in [0.15, 0.2) is 18.2 Å². The fourth-order valence-electron chi connectivity index (χ4n) is 2.29. The number of nitrogens with zero attached hydrogens (tertiary/aromatic N) is 2. The Morgan fingerprint density at radius 1 is 1.47 bits per heavy atom. The SMILES string of the molecule is CN1CCC(CNc2ccc([N+](=O)[O-])c(F)c2)CC1. The summed E-state index contributed by atoms with van der Waals surface area (Å²) in [5.74, 6) is -0.215. The van der Waals surface area contributed by atoms with Crippen LogP contribution in [0.25, 0.3) is 0 Å². The topological polar surface area (TPSA) is 58.4 Å². The quantitative estimate of drug-likeness (QED) is 0.672. The summed E-state index contributed by atoms with van der Waals surface area (Å²) in [6.45, 7) is 2.95. The minimum absolute atomic E-state index is 0.482. The fourth-order valence-corrected chi connectivity index (χ4v) is 2.29. The van der Waals surface area contributed by atoms with Crippen LogP contribution in [0.4, 0.5) is 15.8 Å². The van der Waals surface area contributed by atoms with Gasteiger partial charge in [0.25, 0.3) is 0 Å². The van der Waals surface area contributed by atoms with Gasteiger partial charge in [0.05, 0.1) is 4.92 Å². The van der Waals surface area contributed by atoms with E-state index in [0.717, 1.165) is 32.5 Å².